The molecule has 0 aliphatic heterocycles. The molecule has 1 atom stereocenters. The lowest BCUT2D eigenvalue weighted by molar-refractivity contribution is -0.123. The zero-order valence-corrected chi connectivity index (χ0v) is 11.1. The summed E-state index contributed by atoms with van der Waals surface area (Å²) < 4.78 is 5.21. The molecule has 0 bridgehead atoms. The summed E-state index contributed by atoms with van der Waals surface area (Å²) in [4.78, 5) is 12.3. The maximum absolute atomic E-state index is 12.3. The Morgan fingerprint density at radius 3 is 2.63 bits per heavy atom. The van der Waals surface area contributed by atoms with Gasteiger partial charge in [0, 0.05) is 0 Å². The maximum Gasteiger partial charge on any atom is 0.227 e. The number of carbonyl (C=O) groups is 1. The lowest BCUT2D eigenvalue weighted by Gasteiger charge is -2.16. The van der Waals surface area contributed by atoms with Gasteiger partial charge in [0.25, 0.3) is 0 Å². The molecule has 1 amide bonds. The second-order valence-electron chi connectivity index (χ2n) is 4.55. The van der Waals surface area contributed by atoms with Crippen LogP contribution in [-0.2, 0) is 11.3 Å². The van der Waals surface area contributed by atoms with Crippen LogP contribution in [0.25, 0.3) is 0 Å². The van der Waals surface area contributed by atoms with Crippen LogP contribution in [0.5, 0.6) is 0 Å². The van der Waals surface area contributed by atoms with E-state index in [0.29, 0.717) is 6.54 Å². The second-order valence-corrected chi connectivity index (χ2v) is 4.55. The Morgan fingerprint density at radius 1 is 1.21 bits per heavy atom. The standard InChI is InChI=1S/C16H19NO2/c1-2-7-15(13-8-4-3-5-9-13)16(18)17-12-14-10-6-11-19-14/h3-6,8-11,15H,2,7,12H2,1H3,(H,17,18). The molecule has 1 aromatic heterocycles. The lowest BCUT2D eigenvalue weighted by atomic mass is 9.93. The Balaban J connectivity index is 2.00. The van der Waals surface area contributed by atoms with Crippen molar-refractivity contribution in [3.63, 3.8) is 0 Å². The summed E-state index contributed by atoms with van der Waals surface area (Å²) in [7, 11) is 0. The van der Waals surface area contributed by atoms with Crippen LogP contribution in [0.4, 0.5) is 0 Å². The van der Waals surface area contributed by atoms with Crippen LogP contribution in [0.15, 0.2) is 53.1 Å². The number of hydrogen-bond donors (Lipinski definition) is 1. The minimum Gasteiger partial charge on any atom is -0.467 e. The molecule has 1 aromatic carbocycles. The van der Waals surface area contributed by atoms with Gasteiger partial charge < -0.3 is 9.73 Å². The van der Waals surface area contributed by atoms with E-state index in [1.165, 1.54) is 0 Å². The highest BCUT2D eigenvalue weighted by molar-refractivity contribution is 5.83. The van der Waals surface area contributed by atoms with Crippen LogP contribution in [0.1, 0.15) is 37.0 Å². The van der Waals surface area contributed by atoms with Gasteiger partial charge in [0.1, 0.15) is 5.76 Å². The van der Waals surface area contributed by atoms with Gasteiger partial charge in [-0.1, -0.05) is 43.7 Å². The smallest absolute Gasteiger partial charge is 0.227 e. The van der Waals surface area contributed by atoms with E-state index in [4.69, 9.17) is 4.42 Å². The molecule has 100 valence electrons. The minimum absolute atomic E-state index is 0.0597. The minimum atomic E-state index is -0.0823. The van der Waals surface area contributed by atoms with Crippen LogP contribution in [-0.4, -0.2) is 5.91 Å². The first kappa shape index (κ1) is 13.4. The summed E-state index contributed by atoms with van der Waals surface area (Å²) >= 11 is 0. The first-order chi connectivity index (χ1) is 9.31. The van der Waals surface area contributed by atoms with Gasteiger partial charge in [-0.15, -0.1) is 0 Å². The van der Waals surface area contributed by atoms with Crippen molar-refractivity contribution >= 4 is 5.91 Å². The molecule has 2 rings (SSSR count). The highest BCUT2D eigenvalue weighted by Gasteiger charge is 2.19. The van der Waals surface area contributed by atoms with Crippen molar-refractivity contribution in [3.05, 3.63) is 60.1 Å². The van der Waals surface area contributed by atoms with Crippen LogP contribution < -0.4 is 5.32 Å². The van der Waals surface area contributed by atoms with E-state index >= 15 is 0 Å². The third kappa shape index (κ3) is 3.71. The average Bonchev–Trinajstić information content (AvgIpc) is 2.96. The largest absolute Gasteiger partial charge is 0.467 e. The van der Waals surface area contributed by atoms with E-state index in [1.54, 1.807) is 6.26 Å². The van der Waals surface area contributed by atoms with Gasteiger partial charge in [0.15, 0.2) is 0 Å². The molecular formula is C16H19NO2. The van der Waals surface area contributed by atoms with Crippen molar-refractivity contribution in [1.29, 1.82) is 0 Å². The molecule has 1 unspecified atom stereocenters. The normalized spacial score (nSPS) is 12.1. The molecule has 2 aromatic rings. The first-order valence-electron chi connectivity index (χ1n) is 6.66. The summed E-state index contributed by atoms with van der Waals surface area (Å²) in [6, 6.07) is 13.6. The molecule has 0 radical (unpaired) electrons. The monoisotopic (exact) mass is 257 g/mol. The third-order valence-electron chi connectivity index (χ3n) is 3.11. The summed E-state index contributed by atoms with van der Waals surface area (Å²) in [5.74, 6) is 0.752. The molecule has 0 aliphatic carbocycles. The number of benzene rings is 1. The van der Waals surface area contributed by atoms with E-state index in [0.717, 1.165) is 24.2 Å². The summed E-state index contributed by atoms with van der Waals surface area (Å²) in [5.41, 5.74) is 1.07. The molecule has 19 heavy (non-hydrogen) atoms. The molecule has 0 fully saturated rings. The van der Waals surface area contributed by atoms with E-state index in [9.17, 15) is 4.79 Å². The van der Waals surface area contributed by atoms with Crippen molar-refractivity contribution in [2.75, 3.05) is 0 Å². The van der Waals surface area contributed by atoms with Gasteiger partial charge >= 0.3 is 0 Å². The Labute approximate surface area is 113 Å². The first-order valence-corrected chi connectivity index (χ1v) is 6.66. The maximum atomic E-state index is 12.3. The second kappa shape index (κ2) is 6.78. The summed E-state index contributed by atoms with van der Waals surface area (Å²) in [5, 5.41) is 2.94. The fourth-order valence-corrected chi connectivity index (χ4v) is 2.13. The summed E-state index contributed by atoms with van der Waals surface area (Å²) in [6.45, 7) is 2.54. The predicted molar refractivity (Wildman–Crippen MR) is 74.6 cm³/mol. The topological polar surface area (TPSA) is 42.2 Å². The molecule has 1 heterocycles. The van der Waals surface area contributed by atoms with Gasteiger partial charge in [-0.3, -0.25) is 4.79 Å². The molecule has 0 aliphatic rings. The van der Waals surface area contributed by atoms with Crippen LogP contribution in [0.2, 0.25) is 0 Å². The lowest BCUT2D eigenvalue weighted by Crippen LogP contribution is -2.28. The van der Waals surface area contributed by atoms with Crippen LogP contribution >= 0.6 is 0 Å². The van der Waals surface area contributed by atoms with Crippen molar-refractivity contribution < 1.29 is 9.21 Å². The van der Waals surface area contributed by atoms with Crippen LogP contribution in [0.3, 0.4) is 0 Å². The Morgan fingerprint density at radius 2 is 2.00 bits per heavy atom. The number of furan rings is 1. The number of amides is 1. The molecule has 0 saturated carbocycles. The van der Waals surface area contributed by atoms with E-state index in [-0.39, 0.29) is 11.8 Å². The zero-order chi connectivity index (χ0) is 13.5. The molecular weight excluding hydrogens is 238 g/mol. The van der Waals surface area contributed by atoms with Gasteiger partial charge in [-0.05, 0) is 24.1 Å². The average molecular weight is 257 g/mol. The Kier molecular flexibility index (Phi) is 4.78. The van der Waals surface area contributed by atoms with E-state index < -0.39 is 0 Å². The molecule has 0 spiro atoms. The van der Waals surface area contributed by atoms with Gasteiger partial charge in [0.2, 0.25) is 5.91 Å². The van der Waals surface area contributed by atoms with Crippen LogP contribution in [0, 0.1) is 0 Å². The quantitative estimate of drug-likeness (QED) is 0.860. The van der Waals surface area contributed by atoms with Gasteiger partial charge in [0.05, 0.1) is 18.7 Å². The van der Waals surface area contributed by atoms with Crippen molar-refractivity contribution in [3.8, 4) is 0 Å². The van der Waals surface area contributed by atoms with E-state index in [2.05, 4.69) is 12.2 Å². The number of rotatable bonds is 6. The van der Waals surface area contributed by atoms with Crippen molar-refractivity contribution in [1.82, 2.24) is 5.32 Å². The predicted octanol–water partition coefficient (Wildman–Crippen LogP) is 3.48. The van der Waals surface area contributed by atoms with Gasteiger partial charge in [-0.2, -0.15) is 0 Å². The fraction of sp³-hybridized carbons (Fsp3) is 0.312. The molecule has 1 N–H and O–H groups in total. The summed E-state index contributed by atoms with van der Waals surface area (Å²) in [6.07, 6.45) is 3.45. The SMILES string of the molecule is CCCC(C(=O)NCc1ccco1)c1ccccc1. The van der Waals surface area contributed by atoms with Gasteiger partial charge in [-0.25, -0.2) is 0 Å². The number of nitrogens with one attached hydrogen (secondary N) is 1. The molecule has 3 heteroatoms. The zero-order valence-electron chi connectivity index (χ0n) is 11.1. The highest BCUT2D eigenvalue weighted by Crippen LogP contribution is 2.21. The van der Waals surface area contributed by atoms with Crippen molar-refractivity contribution in [2.24, 2.45) is 0 Å². The van der Waals surface area contributed by atoms with Crippen molar-refractivity contribution in [2.45, 2.75) is 32.2 Å². The number of carbonyl (C=O) groups excluding carboxylic acids is 1. The fourth-order valence-electron chi connectivity index (χ4n) is 2.13. The Bertz CT molecular complexity index is 491. The third-order valence-corrected chi connectivity index (χ3v) is 3.11. The highest BCUT2D eigenvalue weighted by atomic mass is 16.3. The number of hydrogen-bond acceptors (Lipinski definition) is 2. The Hall–Kier alpha value is -2.03. The van der Waals surface area contributed by atoms with E-state index in [1.807, 2.05) is 42.5 Å². The molecule has 3 nitrogen and oxygen atoms in total. The molecule has 0 saturated heterocycles.